The lowest BCUT2D eigenvalue weighted by Crippen LogP contribution is -2.11. The van der Waals surface area contributed by atoms with Gasteiger partial charge < -0.3 is 16.8 Å². The Morgan fingerprint density at radius 3 is 2.40 bits per heavy atom. The Labute approximate surface area is 114 Å². The fourth-order valence-corrected chi connectivity index (χ4v) is 1.72. The molecule has 104 valence electrons. The van der Waals surface area contributed by atoms with Gasteiger partial charge in [-0.05, 0) is 36.8 Å². The number of amides is 1. The largest absolute Gasteiger partial charge is 0.397 e. The highest BCUT2D eigenvalue weighted by molar-refractivity contribution is 5.95. The molecule has 20 heavy (non-hydrogen) atoms. The number of aryl methyl sites for hydroxylation is 1. The summed E-state index contributed by atoms with van der Waals surface area (Å²) in [4.78, 5) is 11.0. The first-order valence-corrected chi connectivity index (χ1v) is 5.80. The second-order valence-corrected chi connectivity index (χ2v) is 4.37. The maximum atomic E-state index is 13.7. The molecule has 0 aromatic heterocycles. The predicted octanol–water partition coefficient (Wildman–Crippen LogP) is 2.70. The number of carbonyl (C=O) groups excluding carboxylic acids is 1. The molecule has 0 aliphatic carbocycles. The Bertz CT molecular complexity index is 686. The molecule has 1 amide bonds. The molecule has 0 atom stereocenters. The van der Waals surface area contributed by atoms with Gasteiger partial charge in [-0.15, -0.1) is 0 Å². The van der Waals surface area contributed by atoms with Gasteiger partial charge in [0.25, 0.3) is 0 Å². The number of nitrogens with one attached hydrogen (secondary N) is 1. The summed E-state index contributed by atoms with van der Waals surface area (Å²) < 4.78 is 27.1. The lowest BCUT2D eigenvalue weighted by atomic mass is 10.1. The van der Waals surface area contributed by atoms with Gasteiger partial charge in [-0.1, -0.05) is 0 Å². The van der Waals surface area contributed by atoms with Crippen LogP contribution in [0.2, 0.25) is 0 Å². The highest BCUT2D eigenvalue weighted by Gasteiger charge is 2.10. The van der Waals surface area contributed by atoms with Crippen molar-refractivity contribution in [2.45, 2.75) is 6.92 Å². The van der Waals surface area contributed by atoms with E-state index >= 15 is 0 Å². The number of hydrogen-bond donors (Lipinski definition) is 3. The van der Waals surface area contributed by atoms with Crippen molar-refractivity contribution in [2.24, 2.45) is 5.73 Å². The van der Waals surface area contributed by atoms with Crippen LogP contribution in [-0.4, -0.2) is 5.91 Å². The van der Waals surface area contributed by atoms with Crippen LogP contribution in [0.4, 0.5) is 25.8 Å². The minimum atomic E-state index is -0.615. The molecule has 0 saturated carbocycles. The number of carbonyl (C=O) groups is 1. The molecule has 0 heterocycles. The number of anilines is 3. The van der Waals surface area contributed by atoms with Crippen LogP contribution in [0.5, 0.6) is 0 Å². The molecule has 0 saturated heterocycles. The topological polar surface area (TPSA) is 81.1 Å². The molecule has 6 heteroatoms. The van der Waals surface area contributed by atoms with Gasteiger partial charge in [0.15, 0.2) is 0 Å². The quantitative estimate of drug-likeness (QED) is 0.754. The summed E-state index contributed by atoms with van der Waals surface area (Å²) in [5.74, 6) is -1.74. The van der Waals surface area contributed by atoms with E-state index in [9.17, 15) is 13.6 Å². The molecular weight excluding hydrogens is 264 g/mol. The van der Waals surface area contributed by atoms with Crippen LogP contribution in [0, 0.1) is 18.6 Å². The first kappa shape index (κ1) is 13.8. The fraction of sp³-hybridized carbons (Fsp3) is 0.0714. The molecule has 0 radical (unpaired) electrons. The Morgan fingerprint density at radius 1 is 1.10 bits per heavy atom. The standard InChI is InChI=1S/C14H13F2N3O/c1-7-4-10(16)13(6-9(7)15)19-12-3-2-8(14(18)20)5-11(12)17/h2-6,19H,17H2,1H3,(H2,18,20). The maximum absolute atomic E-state index is 13.7. The molecule has 2 aromatic carbocycles. The minimum absolute atomic E-state index is 0.0355. The zero-order chi connectivity index (χ0) is 14.9. The Kier molecular flexibility index (Phi) is 3.56. The van der Waals surface area contributed by atoms with E-state index in [1.807, 2.05) is 0 Å². The van der Waals surface area contributed by atoms with Crippen LogP contribution in [0.15, 0.2) is 30.3 Å². The van der Waals surface area contributed by atoms with Crippen molar-refractivity contribution < 1.29 is 13.6 Å². The second-order valence-electron chi connectivity index (χ2n) is 4.37. The van der Waals surface area contributed by atoms with Crippen LogP contribution in [-0.2, 0) is 0 Å². The summed E-state index contributed by atoms with van der Waals surface area (Å²) in [6.07, 6.45) is 0. The third kappa shape index (κ3) is 2.69. The zero-order valence-electron chi connectivity index (χ0n) is 10.7. The second kappa shape index (κ2) is 5.16. The Hall–Kier alpha value is -2.63. The van der Waals surface area contributed by atoms with Crippen molar-refractivity contribution in [3.63, 3.8) is 0 Å². The van der Waals surface area contributed by atoms with E-state index in [4.69, 9.17) is 11.5 Å². The summed E-state index contributed by atoms with van der Waals surface area (Å²) in [6.45, 7) is 1.47. The zero-order valence-corrected chi connectivity index (χ0v) is 10.7. The van der Waals surface area contributed by atoms with Crippen molar-refractivity contribution >= 4 is 23.0 Å². The molecule has 2 rings (SSSR count). The van der Waals surface area contributed by atoms with E-state index in [-0.39, 0.29) is 22.5 Å². The molecule has 0 fully saturated rings. The number of nitrogens with two attached hydrogens (primary N) is 2. The summed E-state index contributed by atoms with van der Waals surface area (Å²) in [6, 6.07) is 6.43. The number of nitrogen functional groups attached to an aromatic ring is 1. The number of benzene rings is 2. The van der Waals surface area contributed by atoms with Gasteiger partial charge in [0.1, 0.15) is 11.6 Å². The molecule has 0 aliphatic rings. The SMILES string of the molecule is Cc1cc(F)c(Nc2ccc(C(N)=O)cc2N)cc1F. The van der Waals surface area contributed by atoms with Crippen molar-refractivity contribution in [2.75, 3.05) is 11.1 Å². The van der Waals surface area contributed by atoms with E-state index in [0.29, 0.717) is 5.69 Å². The number of rotatable bonds is 3. The maximum Gasteiger partial charge on any atom is 0.248 e. The molecule has 5 N–H and O–H groups in total. The molecule has 2 aromatic rings. The summed E-state index contributed by atoms with van der Waals surface area (Å²) in [5, 5.41) is 2.68. The number of primary amides is 1. The average molecular weight is 277 g/mol. The van der Waals surface area contributed by atoms with Crippen LogP contribution in [0.1, 0.15) is 15.9 Å². The highest BCUT2D eigenvalue weighted by atomic mass is 19.1. The van der Waals surface area contributed by atoms with Gasteiger partial charge in [0, 0.05) is 11.6 Å². The highest BCUT2D eigenvalue weighted by Crippen LogP contribution is 2.27. The van der Waals surface area contributed by atoms with Crippen molar-refractivity contribution in [3.05, 3.63) is 53.1 Å². The van der Waals surface area contributed by atoms with Gasteiger partial charge in [-0.2, -0.15) is 0 Å². The third-order valence-corrected chi connectivity index (χ3v) is 2.85. The van der Waals surface area contributed by atoms with E-state index in [1.165, 1.54) is 25.1 Å². The van der Waals surface area contributed by atoms with Gasteiger partial charge in [0.05, 0.1) is 17.1 Å². The first-order chi connectivity index (χ1) is 9.38. The van der Waals surface area contributed by atoms with Crippen LogP contribution >= 0.6 is 0 Å². The molecule has 0 aliphatic heterocycles. The van der Waals surface area contributed by atoms with Crippen LogP contribution in [0.25, 0.3) is 0 Å². The molecule has 0 spiro atoms. The molecule has 4 nitrogen and oxygen atoms in total. The van der Waals surface area contributed by atoms with Crippen LogP contribution in [0.3, 0.4) is 0 Å². The lowest BCUT2D eigenvalue weighted by Gasteiger charge is -2.12. The van der Waals surface area contributed by atoms with Crippen LogP contribution < -0.4 is 16.8 Å². The van der Waals surface area contributed by atoms with E-state index in [2.05, 4.69) is 5.32 Å². The lowest BCUT2D eigenvalue weighted by molar-refractivity contribution is 0.100. The van der Waals surface area contributed by atoms with E-state index < -0.39 is 17.5 Å². The van der Waals surface area contributed by atoms with Gasteiger partial charge in [0.2, 0.25) is 5.91 Å². The van der Waals surface area contributed by atoms with Gasteiger partial charge >= 0.3 is 0 Å². The Balaban J connectivity index is 2.35. The smallest absolute Gasteiger partial charge is 0.248 e. The fourth-order valence-electron chi connectivity index (χ4n) is 1.72. The normalized spacial score (nSPS) is 10.3. The van der Waals surface area contributed by atoms with Gasteiger partial charge in [-0.25, -0.2) is 8.78 Å². The molecule has 0 bridgehead atoms. The number of halogens is 2. The molecular formula is C14H13F2N3O. The monoisotopic (exact) mass is 277 g/mol. The van der Waals surface area contributed by atoms with Crippen molar-refractivity contribution in [1.82, 2.24) is 0 Å². The summed E-state index contributed by atoms with van der Waals surface area (Å²) in [7, 11) is 0. The van der Waals surface area contributed by atoms with Crippen molar-refractivity contribution in [1.29, 1.82) is 0 Å². The minimum Gasteiger partial charge on any atom is -0.397 e. The average Bonchev–Trinajstić information content (AvgIpc) is 2.37. The first-order valence-electron chi connectivity index (χ1n) is 5.80. The number of hydrogen-bond acceptors (Lipinski definition) is 3. The van der Waals surface area contributed by atoms with E-state index in [0.717, 1.165) is 12.1 Å². The predicted molar refractivity (Wildman–Crippen MR) is 73.8 cm³/mol. The Morgan fingerprint density at radius 2 is 1.80 bits per heavy atom. The summed E-state index contributed by atoms with van der Waals surface area (Å²) in [5.41, 5.74) is 11.8. The van der Waals surface area contributed by atoms with E-state index in [1.54, 1.807) is 0 Å². The molecule has 0 unspecified atom stereocenters. The van der Waals surface area contributed by atoms with Crippen molar-refractivity contribution in [3.8, 4) is 0 Å². The third-order valence-electron chi connectivity index (χ3n) is 2.85. The summed E-state index contributed by atoms with van der Waals surface area (Å²) >= 11 is 0. The van der Waals surface area contributed by atoms with Gasteiger partial charge in [-0.3, -0.25) is 4.79 Å².